The van der Waals surface area contributed by atoms with Crippen LogP contribution in [0.25, 0.3) is 10.9 Å². The Hall–Kier alpha value is -2.23. The molecule has 1 saturated heterocycles. The van der Waals surface area contributed by atoms with Gasteiger partial charge in [-0.1, -0.05) is 0 Å². The number of ether oxygens (including phenoxy) is 2. The van der Waals surface area contributed by atoms with Crippen molar-refractivity contribution in [3.8, 4) is 0 Å². The van der Waals surface area contributed by atoms with E-state index in [4.69, 9.17) is 15.2 Å². The number of esters is 1. The number of amides is 1. The zero-order valence-electron chi connectivity index (χ0n) is 13.0. The second kappa shape index (κ2) is 6.71. The number of H-pyrrole nitrogens is 1. The van der Waals surface area contributed by atoms with Crippen LogP contribution in [-0.4, -0.2) is 58.8 Å². The topological polar surface area (TPSA) is 115 Å². The highest BCUT2D eigenvalue weighted by Crippen LogP contribution is 2.28. The van der Waals surface area contributed by atoms with Crippen molar-refractivity contribution >= 4 is 33.8 Å². The first-order valence-corrected chi connectivity index (χ1v) is 8.42. The van der Waals surface area contributed by atoms with Crippen molar-refractivity contribution in [1.82, 2.24) is 9.29 Å². The number of nitrogens with zero attached hydrogens (tertiary/aromatic N) is 1. The first kappa shape index (κ1) is 16.6. The Morgan fingerprint density at radius 2 is 2.04 bits per heavy atom. The number of nitrogens with two attached hydrogens (primary N) is 1. The van der Waals surface area contributed by atoms with Crippen LogP contribution in [0.2, 0.25) is 0 Å². The fourth-order valence-corrected chi connectivity index (χ4v) is 4.03. The molecule has 9 heteroatoms. The molecule has 2 heterocycles. The zero-order chi connectivity index (χ0) is 17.3. The summed E-state index contributed by atoms with van der Waals surface area (Å²) in [5, 5.41) is 0.511. The third-order valence-corrected chi connectivity index (χ3v) is 5.41. The highest BCUT2D eigenvalue weighted by molar-refractivity contribution is 7.83. The summed E-state index contributed by atoms with van der Waals surface area (Å²) in [4.78, 5) is 26.7. The third-order valence-electron chi connectivity index (χ3n) is 3.80. The number of nitrogens with one attached hydrogen (secondary N) is 1. The van der Waals surface area contributed by atoms with Crippen LogP contribution in [0.3, 0.4) is 0 Å². The van der Waals surface area contributed by atoms with Crippen LogP contribution in [0.5, 0.6) is 0 Å². The highest BCUT2D eigenvalue weighted by atomic mass is 32.2. The van der Waals surface area contributed by atoms with Crippen molar-refractivity contribution in [1.29, 1.82) is 0 Å². The van der Waals surface area contributed by atoms with E-state index in [1.165, 1.54) is 7.11 Å². The number of primary amides is 1. The van der Waals surface area contributed by atoms with Crippen molar-refractivity contribution in [2.75, 3.05) is 33.4 Å². The maximum absolute atomic E-state index is 13.0. The lowest BCUT2D eigenvalue weighted by atomic mass is 10.1. The molecular weight excluding hydrogens is 334 g/mol. The van der Waals surface area contributed by atoms with Gasteiger partial charge < -0.3 is 20.2 Å². The van der Waals surface area contributed by atoms with E-state index in [0.717, 1.165) is 0 Å². The van der Waals surface area contributed by atoms with Gasteiger partial charge in [-0.05, 0) is 18.2 Å². The van der Waals surface area contributed by atoms with Crippen molar-refractivity contribution in [3.63, 3.8) is 0 Å². The largest absolute Gasteiger partial charge is 0.465 e. The van der Waals surface area contributed by atoms with E-state index < -0.39 is 22.9 Å². The number of morpholine rings is 1. The average molecular weight is 351 g/mol. The maximum Gasteiger partial charge on any atom is 0.337 e. The van der Waals surface area contributed by atoms with Gasteiger partial charge in [0.15, 0.2) is 0 Å². The molecular formula is C15H17N3O5S. The summed E-state index contributed by atoms with van der Waals surface area (Å²) in [6.45, 7) is 1.89. The van der Waals surface area contributed by atoms with Crippen molar-refractivity contribution in [3.05, 3.63) is 29.5 Å². The lowest BCUT2D eigenvalue weighted by Gasteiger charge is -2.25. The number of aromatic nitrogens is 1. The Balaban J connectivity index is 2.14. The van der Waals surface area contributed by atoms with E-state index in [0.29, 0.717) is 42.8 Å². The number of carbonyl (C=O) groups is 2. The molecule has 8 nitrogen and oxygen atoms in total. The summed E-state index contributed by atoms with van der Waals surface area (Å²) in [6, 6.07) is 4.75. The molecule has 0 radical (unpaired) electrons. The quantitative estimate of drug-likeness (QED) is 0.774. The van der Waals surface area contributed by atoms with Gasteiger partial charge in [-0.3, -0.25) is 4.79 Å². The molecule has 1 amide bonds. The maximum atomic E-state index is 13.0. The number of carbonyl (C=O) groups excluding carboxylic acids is 2. The molecule has 2 aromatic rings. The predicted octanol–water partition coefficient (Wildman–Crippen LogP) is 0.408. The van der Waals surface area contributed by atoms with Gasteiger partial charge in [-0.15, -0.1) is 0 Å². The van der Waals surface area contributed by atoms with E-state index in [1.54, 1.807) is 22.5 Å². The standard InChI is InChI=1S/C15H17N3O5S/c1-22-15(20)9-2-3-11-10(8-9)13(12(17-11)14(16)19)24(21)18-4-6-23-7-5-18/h2-3,8,17H,4-7H2,1H3,(H2,16,19). The van der Waals surface area contributed by atoms with Crippen LogP contribution in [0, 0.1) is 0 Å². The summed E-state index contributed by atoms with van der Waals surface area (Å²) in [6.07, 6.45) is 0. The summed E-state index contributed by atoms with van der Waals surface area (Å²) < 4.78 is 24.7. The third kappa shape index (κ3) is 2.93. The van der Waals surface area contributed by atoms with Gasteiger partial charge in [-0.25, -0.2) is 13.3 Å². The van der Waals surface area contributed by atoms with Gasteiger partial charge >= 0.3 is 5.97 Å². The molecule has 0 aliphatic carbocycles. The molecule has 1 aliphatic heterocycles. The summed E-state index contributed by atoms with van der Waals surface area (Å²) in [7, 11) is -0.317. The average Bonchev–Trinajstić information content (AvgIpc) is 3.00. The van der Waals surface area contributed by atoms with Gasteiger partial charge in [0.05, 0.1) is 30.8 Å². The van der Waals surface area contributed by atoms with Crippen LogP contribution in [0.4, 0.5) is 0 Å². The molecule has 0 saturated carbocycles. The van der Waals surface area contributed by atoms with E-state index in [1.807, 2.05) is 0 Å². The number of hydrogen-bond acceptors (Lipinski definition) is 5. The molecule has 1 atom stereocenters. The molecule has 128 valence electrons. The van der Waals surface area contributed by atoms with E-state index >= 15 is 0 Å². The van der Waals surface area contributed by atoms with Crippen LogP contribution in [-0.2, 0) is 20.5 Å². The van der Waals surface area contributed by atoms with Crippen molar-refractivity contribution in [2.45, 2.75) is 4.90 Å². The SMILES string of the molecule is COC(=O)c1ccc2[nH]c(C(N)=O)c(S(=O)N3CCOCC3)c2c1. The normalized spacial score (nSPS) is 16.9. The number of rotatable bonds is 4. The number of methoxy groups -OCH3 is 1. The minimum absolute atomic E-state index is 0.0804. The second-order valence-corrected chi connectivity index (χ2v) is 6.66. The van der Waals surface area contributed by atoms with Gasteiger partial charge in [0, 0.05) is 24.0 Å². The second-order valence-electron chi connectivity index (χ2n) is 5.24. The molecule has 3 N–H and O–H groups in total. The van der Waals surface area contributed by atoms with Crippen molar-refractivity contribution < 1.29 is 23.3 Å². The van der Waals surface area contributed by atoms with Crippen molar-refractivity contribution in [2.24, 2.45) is 5.73 Å². The Morgan fingerprint density at radius 3 is 2.67 bits per heavy atom. The first-order valence-electron chi connectivity index (χ1n) is 7.31. The van der Waals surface area contributed by atoms with Crippen LogP contribution >= 0.6 is 0 Å². The molecule has 24 heavy (non-hydrogen) atoms. The number of aromatic amines is 1. The summed E-state index contributed by atoms with van der Waals surface area (Å²) in [5.41, 5.74) is 6.39. The monoisotopic (exact) mass is 351 g/mol. The van der Waals surface area contributed by atoms with Crippen LogP contribution in [0.1, 0.15) is 20.8 Å². The molecule has 1 aliphatic rings. The zero-order valence-corrected chi connectivity index (χ0v) is 13.9. The molecule has 1 fully saturated rings. The Kier molecular flexibility index (Phi) is 4.65. The smallest absolute Gasteiger partial charge is 0.337 e. The Morgan fingerprint density at radius 1 is 1.33 bits per heavy atom. The van der Waals surface area contributed by atoms with Gasteiger partial charge in [0.1, 0.15) is 16.7 Å². The Bertz CT molecular complexity index is 826. The molecule has 1 aromatic carbocycles. The molecule has 1 aromatic heterocycles. The van der Waals surface area contributed by atoms with Gasteiger partial charge in [0.2, 0.25) is 0 Å². The van der Waals surface area contributed by atoms with E-state index in [9.17, 15) is 13.8 Å². The van der Waals surface area contributed by atoms with E-state index in [-0.39, 0.29) is 10.6 Å². The van der Waals surface area contributed by atoms with Crippen LogP contribution in [0.15, 0.2) is 23.1 Å². The summed E-state index contributed by atoms with van der Waals surface area (Å²) >= 11 is 0. The fourth-order valence-electron chi connectivity index (χ4n) is 2.61. The summed E-state index contributed by atoms with van der Waals surface area (Å²) in [5.74, 6) is -1.22. The minimum Gasteiger partial charge on any atom is -0.465 e. The number of fused-ring (bicyclic) bond motifs is 1. The molecule has 0 bridgehead atoms. The fraction of sp³-hybridized carbons (Fsp3) is 0.333. The highest BCUT2D eigenvalue weighted by Gasteiger charge is 2.27. The molecule has 3 rings (SSSR count). The first-order chi connectivity index (χ1) is 11.5. The van der Waals surface area contributed by atoms with Gasteiger partial charge in [0.25, 0.3) is 5.91 Å². The van der Waals surface area contributed by atoms with Crippen LogP contribution < -0.4 is 5.73 Å². The molecule has 0 spiro atoms. The molecule has 1 unspecified atom stereocenters. The van der Waals surface area contributed by atoms with Gasteiger partial charge in [-0.2, -0.15) is 0 Å². The minimum atomic E-state index is -1.60. The van der Waals surface area contributed by atoms with E-state index in [2.05, 4.69) is 4.98 Å². The lowest BCUT2D eigenvalue weighted by Crippen LogP contribution is -2.38. The predicted molar refractivity (Wildman–Crippen MR) is 87.0 cm³/mol. The Labute approximate surface area is 140 Å². The lowest BCUT2D eigenvalue weighted by molar-refractivity contribution is 0.0600. The number of hydrogen-bond donors (Lipinski definition) is 2. The number of benzene rings is 1.